The van der Waals surface area contributed by atoms with Crippen molar-refractivity contribution in [2.24, 2.45) is 5.92 Å². The molecule has 68 heavy (non-hydrogen) atoms. The number of aromatic nitrogens is 1. The van der Waals surface area contributed by atoms with Crippen molar-refractivity contribution < 1.29 is 43.9 Å². The van der Waals surface area contributed by atoms with Gasteiger partial charge in [0.05, 0.1) is 30.9 Å². The van der Waals surface area contributed by atoms with Crippen LogP contribution < -0.4 is 31.0 Å². The number of aliphatic hydroxyl groups is 2. The Balaban J connectivity index is 0.783. The van der Waals surface area contributed by atoms with Crippen LogP contribution in [0.15, 0.2) is 132 Å². The maximum atomic E-state index is 13.9. The molecule has 1 saturated carbocycles. The first-order chi connectivity index (χ1) is 33.0. The lowest BCUT2D eigenvalue weighted by molar-refractivity contribution is -0.164. The number of aromatic amines is 1. The second-order valence-corrected chi connectivity index (χ2v) is 17.6. The van der Waals surface area contributed by atoms with Crippen molar-refractivity contribution in [1.29, 1.82) is 0 Å². The number of rotatable bonds is 19. The van der Waals surface area contributed by atoms with Crippen LogP contribution in [-0.4, -0.2) is 95.0 Å². The monoisotopic (exact) mass is 923 g/mol. The number of esters is 1. The van der Waals surface area contributed by atoms with Gasteiger partial charge in [0.1, 0.15) is 17.2 Å². The summed E-state index contributed by atoms with van der Waals surface area (Å²) >= 11 is 0. The highest BCUT2D eigenvalue weighted by molar-refractivity contribution is 5.97. The number of aliphatic hydroxyl groups excluding tert-OH is 1. The van der Waals surface area contributed by atoms with Crippen LogP contribution >= 0.6 is 0 Å². The first-order valence-corrected chi connectivity index (χ1v) is 22.9. The van der Waals surface area contributed by atoms with Crippen LogP contribution in [0.25, 0.3) is 10.9 Å². The zero-order valence-corrected chi connectivity index (χ0v) is 37.9. The van der Waals surface area contributed by atoms with Crippen molar-refractivity contribution in [3.8, 4) is 17.2 Å². The van der Waals surface area contributed by atoms with E-state index in [0.29, 0.717) is 53.0 Å². The smallest absolute Gasteiger partial charge is 0.347 e. The molecule has 8 rings (SSSR count). The lowest BCUT2D eigenvalue weighted by atomic mass is 9.86. The molecule has 15 nitrogen and oxygen atoms in total. The van der Waals surface area contributed by atoms with Crippen LogP contribution in [0.1, 0.15) is 70.0 Å². The van der Waals surface area contributed by atoms with Gasteiger partial charge in [-0.05, 0) is 103 Å². The second-order valence-electron chi connectivity index (χ2n) is 17.6. The number of aromatic hydroxyl groups is 1. The molecule has 6 aromatic rings. The average Bonchev–Trinajstić information content (AvgIpc) is 3.35. The van der Waals surface area contributed by atoms with Crippen molar-refractivity contribution >= 4 is 28.7 Å². The van der Waals surface area contributed by atoms with Gasteiger partial charge in [-0.25, -0.2) is 4.79 Å². The van der Waals surface area contributed by atoms with Crippen molar-refractivity contribution in [3.05, 3.63) is 171 Å². The Kier molecular flexibility index (Phi) is 15.2. The van der Waals surface area contributed by atoms with E-state index in [9.17, 15) is 34.5 Å². The minimum atomic E-state index is -2.12. The van der Waals surface area contributed by atoms with Gasteiger partial charge in [0.2, 0.25) is 11.2 Å². The molecular weight excluding hydrogens is 867 g/mol. The van der Waals surface area contributed by atoms with Gasteiger partial charge >= 0.3 is 5.97 Å². The standard InChI is InChI=1S/C53H57N5O10/c1-66-47-25-36(29-54-30-46(60)42-17-19-45(59)50-43(42)18-20-48(61)57-50)15-16-44(47)51(63)56-40-27-39(28-40)55-49(62)33-67-41-14-8-13-38(26-41)53(65,37-11-6-3-7-12-37)52(64)68-32-35-21-23-58(24-22-35)31-34-9-4-2-5-10-34/h2-20,25-26,35,39-40,46,54,59-60,65H,21-24,27-33H2,1H3,(H,55,62)(H,56,63)(H,57,61). The summed E-state index contributed by atoms with van der Waals surface area (Å²) in [5, 5.41) is 43.0. The molecule has 7 N–H and O–H groups in total. The minimum absolute atomic E-state index is 0.0855. The summed E-state index contributed by atoms with van der Waals surface area (Å²) in [6, 6.07) is 36.3. The third-order valence-corrected chi connectivity index (χ3v) is 12.8. The highest BCUT2D eigenvalue weighted by Gasteiger charge is 2.42. The van der Waals surface area contributed by atoms with Crippen molar-refractivity contribution in [1.82, 2.24) is 25.8 Å². The minimum Gasteiger partial charge on any atom is -0.506 e. The molecule has 2 aliphatic rings. The molecule has 2 unspecified atom stereocenters. The molecule has 2 fully saturated rings. The van der Waals surface area contributed by atoms with E-state index in [-0.39, 0.29) is 72.0 Å². The van der Waals surface area contributed by atoms with E-state index in [4.69, 9.17) is 14.2 Å². The van der Waals surface area contributed by atoms with E-state index in [1.165, 1.54) is 24.8 Å². The lowest BCUT2D eigenvalue weighted by Crippen LogP contribution is -2.54. The van der Waals surface area contributed by atoms with Gasteiger partial charge in [0, 0.05) is 48.7 Å². The van der Waals surface area contributed by atoms with Crippen LogP contribution in [0.4, 0.5) is 0 Å². The molecule has 0 bridgehead atoms. The normalized spacial score (nSPS) is 17.6. The SMILES string of the molecule is COc1cc(CNCC(O)c2ccc(O)c3[nH]c(=O)ccc23)ccc1C(=O)NC1CC(NC(=O)COc2cccc(C(O)(C(=O)OCC3CCN(Cc4ccccc4)CC3)c3ccccc3)c2)C1. The van der Waals surface area contributed by atoms with Gasteiger partial charge in [0.25, 0.3) is 11.8 Å². The van der Waals surface area contributed by atoms with Gasteiger partial charge in [0.15, 0.2) is 6.61 Å². The number of amides is 2. The summed E-state index contributed by atoms with van der Waals surface area (Å²) in [4.78, 5) is 56.9. The largest absolute Gasteiger partial charge is 0.506 e. The number of nitrogens with one attached hydrogen (secondary N) is 4. The molecule has 1 aliphatic carbocycles. The van der Waals surface area contributed by atoms with Crippen LogP contribution in [0.5, 0.6) is 17.2 Å². The van der Waals surface area contributed by atoms with E-state index in [2.05, 4.69) is 38.0 Å². The fourth-order valence-corrected chi connectivity index (χ4v) is 8.92. The van der Waals surface area contributed by atoms with E-state index < -0.39 is 17.7 Å². The molecule has 1 saturated heterocycles. The van der Waals surface area contributed by atoms with E-state index in [1.807, 2.05) is 18.2 Å². The number of carbonyl (C=O) groups is 3. The first kappa shape index (κ1) is 47.5. The van der Waals surface area contributed by atoms with Gasteiger partial charge < -0.3 is 50.5 Å². The predicted octanol–water partition coefficient (Wildman–Crippen LogP) is 5.21. The van der Waals surface area contributed by atoms with Crippen molar-refractivity contribution in [2.45, 2.75) is 62.6 Å². The first-order valence-electron chi connectivity index (χ1n) is 22.9. The third-order valence-electron chi connectivity index (χ3n) is 12.8. The fraction of sp³-hybridized carbons (Fsp3) is 0.321. The molecule has 2 amide bonds. The molecule has 354 valence electrons. The summed E-state index contributed by atoms with van der Waals surface area (Å²) in [5.74, 6) is -0.694. The molecule has 0 radical (unpaired) electrons. The zero-order chi connectivity index (χ0) is 47.6. The highest BCUT2D eigenvalue weighted by atomic mass is 16.6. The number of piperidine rings is 1. The van der Waals surface area contributed by atoms with Crippen LogP contribution in [0, 0.1) is 5.92 Å². The average molecular weight is 924 g/mol. The summed E-state index contributed by atoms with van der Waals surface area (Å²) in [6.45, 7) is 3.09. The Morgan fingerprint density at radius 2 is 1.54 bits per heavy atom. The Morgan fingerprint density at radius 1 is 0.824 bits per heavy atom. The van der Waals surface area contributed by atoms with E-state index in [0.717, 1.165) is 38.0 Å². The second kappa shape index (κ2) is 21.7. The van der Waals surface area contributed by atoms with Crippen LogP contribution in [0.3, 0.4) is 0 Å². The number of carbonyl (C=O) groups excluding carboxylic acids is 3. The maximum Gasteiger partial charge on any atom is 0.347 e. The number of phenolic OH excluding ortho intramolecular Hbond substituents is 1. The van der Waals surface area contributed by atoms with Crippen LogP contribution in [0.2, 0.25) is 0 Å². The Morgan fingerprint density at radius 3 is 2.29 bits per heavy atom. The quantitative estimate of drug-likeness (QED) is 0.0522. The third kappa shape index (κ3) is 11.4. The number of phenols is 1. The summed E-state index contributed by atoms with van der Waals surface area (Å²) < 4.78 is 17.3. The number of pyridine rings is 1. The Bertz CT molecular complexity index is 2760. The molecule has 2 heterocycles. The number of likely N-dealkylation sites (tertiary alicyclic amines) is 1. The van der Waals surface area contributed by atoms with E-state index in [1.54, 1.807) is 84.9 Å². The highest BCUT2D eigenvalue weighted by Crippen LogP contribution is 2.34. The number of hydrogen-bond acceptors (Lipinski definition) is 12. The number of nitrogens with zero attached hydrogens (tertiary/aromatic N) is 1. The molecule has 0 spiro atoms. The number of ether oxygens (including phenoxy) is 3. The van der Waals surface area contributed by atoms with E-state index >= 15 is 0 Å². The van der Waals surface area contributed by atoms with Gasteiger partial charge in [-0.2, -0.15) is 0 Å². The maximum absolute atomic E-state index is 13.9. The van der Waals surface area contributed by atoms with Crippen molar-refractivity contribution in [2.75, 3.05) is 40.0 Å². The molecule has 15 heteroatoms. The van der Waals surface area contributed by atoms with Crippen LogP contribution in [-0.2, 0) is 33.0 Å². The zero-order valence-electron chi connectivity index (χ0n) is 37.9. The number of benzene rings is 5. The fourth-order valence-electron chi connectivity index (χ4n) is 8.92. The summed E-state index contributed by atoms with van der Waals surface area (Å²) in [7, 11) is 1.48. The molecule has 2 atom stereocenters. The number of methoxy groups -OCH3 is 1. The lowest BCUT2D eigenvalue weighted by Gasteiger charge is -2.36. The van der Waals surface area contributed by atoms with Gasteiger partial charge in [-0.3, -0.25) is 19.3 Å². The Hall–Kier alpha value is -7.04. The van der Waals surface area contributed by atoms with Crippen molar-refractivity contribution in [3.63, 3.8) is 0 Å². The number of fused-ring (bicyclic) bond motifs is 1. The summed E-state index contributed by atoms with van der Waals surface area (Å²) in [6.07, 6.45) is 1.86. The number of hydrogen-bond donors (Lipinski definition) is 7. The molecule has 5 aromatic carbocycles. The Labute approximate surface area is 394 Å². The molecule has 1 aromatic heterocycles. The predicted molar refractivity (Wildman–Crippen MR) is 255 cm³/mol. The summed E-state index contributed by atoms with van der Waals surface area (Å²) in [5.41, 5.74) is 1.37. The molecular formula is C53H57N5O10. The van der Waals surface area contributed by atoms with Gasteiger partial charge in [-0.1, -0.05) is 84.9 Å². The van der Waals surface area contributed by atoms with Gasteiger partial charge in [-0.15, -0.1) is 0 Å². The number of H-pyrrole nitrogens is 1. The topological polar surface area (TPSA) is 212 Å². The molecule has 1 aliphatic heterocycles.